The van der Waals surface area contributed by atoms with Crippen molar-refractivity contribution in [3.05, 3.63) is 103 Å². The molecule has 5 nitrogen and oxygen atoms in total. The summed E-state index contributed by atoms with van der Waals surface area (Å²) in [6, 6.07) is 21.5. The fraction of sp³-hybridized carbons (Fsp3) is 0.333. The SMILES string of the molecule is CCC1(C2N=C3C=CC=CC3N2)[CH]CCN(CCC(c2ccccc2)c2ccccc2)C1=NC#N. The Morgan fingerprint density at radius 1 is 1.11 bits per heavy atom. The van der Waals surface area contributed by atoms with E-state index in [9.17, 15) is 5.26 Å². The van der Waals surface area contributed by atoms with Gasteiger partial charge in [-0.15, -0.1) is 0 Å². The molecular formula is C30H32N5. The average molecular weight is 463 g/mol. The number of amidine groups is 1. The van der Waals surface area contributed by atoms with Gasteiger partial charge in [0.25, 0.3) is 0 Å². The minimum absolute atomic E-state index is 0.126. The van der Waals surface area contributed by atoms with E-state index in [1.54, 1.807) is 0 Å². The molecule has 2 heterocycles. The van der Waals surface area contributed by atoms with Gasteiger partial charge in [-0.1, -0.05) is 85.8 Å². The van der Waals surface area contributed by atoms with Crippen molar-refractivity contribution in [3.8, 4) is 6.19 Å². The zero-order valence-electron chi connectivity index (χ0n) is 20.2. The molecular weight excluding hydrogens is 430 g/mol. The maximum Gasteiger partial charge on any atom is 0.207 e. The maximum atomic E-state index is 9.69. The lowest BCUT2D eigenvalue weighted by Crippen LogP contribution is -2.57. The zero-order valence-corrected chi connectivity index (χ0v) is 20.2. The summed E-state index contributed by atoms with van der Waals surface area (Å²) in [7, 11) is 0. The number of nitriles is 1. The van der Waals surface area contributed by atoms with Crippen molar-refractivity contribution in [2.24, 2.45) is 15.4 Å². The standard InChI is InChI=1S/C30H32N5/c1-2-30(28-33-26-16-9-10-17-27(26)34-28)19-11-20-35(29(30)32-22-31)21-18-25(23-12-5-3-6-13-23)24-14-7-4-8-15-24/h3-10,12-17,19,25-26,28,33H,2,11,18,20-21H2,1H3. The smallest absolute Gasteiger partial charge is 0.207 e. The molecule has 1 fully saturated rings. The first-order valence-electron chi connectivity index (χ1n) is 12.6. The van der Waals surface area contributed by atoms with Crippen molar-refractivity contribution in [3.63, 3.8) is 0 Å². The number of hydrogen-bond acceptors (Lipinski definition) is 4. The number of likely N-dealkylation sites (tertiary alicyclic amines) is 1. The molecule has 2 aromatic rings. The Balaban J connectivity index is 1.42. The summed E-state index contributed by atoms with van der Waals surface area (Å²) >= 11 is 0. The topological polar surface area (TPSA) is 63.8 Å². The van der Waals surface area contributed by atoms with Crippen LogP contribution in [0.15, 0.2) is 95.0 Å². The monoisotopic (exact) mass is 462 g/mol. The van der Waals surface area contributed by atoms with Crippen LogP contribution in [0.5, 0.6) is 0 Å². The van der Waals surface area contributed by atoms with Crippen molar-refractivity contribution in [1.29, 1.82) is 5.26 Å². The number of rotatable bonds is 7. The summed E-state index contributed by atoms with van der Waals surface area (Å²) < 4.78 is 0. The van der Waals surface area contributed by atoms with E-state index in [2.05, 4.69) is 114 Å². The number of allylic oxidation sites excluding steroid dienone is 2. The van der Waals surface area contributed by atoms with Gasteiger partial charge in [0.1, 0.15) is 12.0 Å². The van der Waals surface area contributed by atoms with Gasteiger partial charge in [-0.25, -0.2) is 0 Å². The first-order chi connectivity index (χ1) is 17.2. The normalized spacial score (nSPS) is 26.6. The molecule has 0 aromatic heterocycles. The van der Waals surface area contributed by atoms with E-state index in [0.29, 0.717) is 0 Å². The molecule has 1 radical (unpaired) electrons. The second-order valence-electron chi connectivity index (χ2n) is 9.42. The van der Waals surface area contributed by atoms with Gasteiger partial charge in [-0.2, -0.15) is 10.3 Å². The Hall–Kier alpha value is -3.49. The van der Waals surface area contributed by atoms with Gasteiger partial charge >= 0.3 is 0 Å². The summed E-state index contributed by atoms with van der Waals surface area (Å²) in [5.41, 5.74) is 3.28. The van der Waals surface area contributed by atoms with Crippen LogP contribution in [0.1, 0.15) is 43.2 Å². The molecule has 177 valence electrons. The third kappa shape index (κ3) is 4.59. The molecule has 0 saturated carbocycles. The first kappa shape index (κ1) is 23.3. The van der Waals surface area contributed by atoms with Crippen LogP contribution in [-0.2, 0) is 0 Å². The third-order valence-corrected chi connectivity index (χ3v) is 7.56. The quantitative estimate of drug-likeness (QED) is 0.571. The van der Waals surface area contributed by atoms with E-state index in [-0.39, 0.29) is 18.1 Å². The Morgan fingerprint density at radius 2 is 1.83 bits per heavy atom. The van der Waals surface area contributed by atoms with Gasteiger partial charge in [0.2, 0.25) is 6.19 Å². The molecule has 0 amide bonds. The van der Waals surface area contributed by atoms with Gasteiger partial charge in [0.15, 0.2) is 0 Å². The number of nitrogens with one attached hydrogen (secondary N) is 1. The van der Waals surface area contributed by atoms with E-state index >= 15 is 0 Å². The van der Waals surface area contributed by atoms with Gasteiger partial charge in [0.05, 0.1) is 17.2 Å². The molecule has 3 atom stereocenters. The molecule has 1 saturated heterocycles. The summed E-state index contributed by atoms with van der Waals surface area (Å²) in [6.07, 6.45) is 15.4. The summed E-state index contributed by atoms with van der Waals surface area (Å²) in [5, 5.41) is 13.4. The molecule has 2 aromatic carbocycles. The Bertz CT molecular complexity index is 1130. The Morgan fingerprint density at radius 3 is 2.46 bits per heavy atom. The number of hydrogen-bond donors (Lipinski definition) is 1. The van der Waals surface area contributed by atoms with Crippen LogP contribution in [0.25, 0.3) is 0 Å². The molecule has 2 aliphatic heterocycles. The summed E-state index contributed by atoms with van der Waals surface area (Å²) in [4.78, 5) is 11.8. The number of piperidine rings is 1. The van der Waals surface area contributed by atoms with Crippen molar-refractivity contribution >= 4 is 11.5 Å². The summed E-state index contributed by atoms with van der Waals surface area (Å²) in [5.74, 6) is 1.13. The number of fused-ring (bicyclic) bond motifs is 1. The Labute approximate surface area is 208 Å². The van der Waals surface area contributed by atoms with Crippen LogP contribution in [0, 0.1) is 23.3 Å². The number of aliphatic imine (C=N–C) groups is 2. The lowest BCUT2D eigenvalue weighted by molar-refractivity contribution is 0.243. The van der Waals surface area contributed by atoms with E-state index < -0.39 is 5.41 Å². The fourth-order valence-corrected chi connectivity index (χ4v) is 5.74. The number of nitrogens with zero attached hydrogens (tertiary/aromatic N) is 4. The van der Waals surface area contributed by atoms with Crippen LogP contribution in [-0.4, -0.2) is 41.7 Å². The highest BCUT2D eigenvalue weighted by Crippen LogP contribution is 2.41. The van der Waals surface area contributed by atoms with Crippen molar-refractivity contribution in [2.75, 3.05) is 13.1 Å². The molecule has 0 spiro atoms. The van der Waals surface area contributed by atoms with Gasteiger partial charge in [0, 0.05) is 19.0 Å². The molecule has 0 bridgehead atoms. The second-order valence-corrected chi connectivity index (χ2v) is 9.42. The average Bonchev–Trinajstić information content (AvgIpc) is 3.36. The van der Waals surface area contributed by atoms with E-state index in [4.69, 9.17) is 4.99 Å². The second kappa shape index (κ2) is 10.4. The van der Waals surface area contributed by atoms with Crippen LogP contribution >= 0.6 is 0 Å². The highest BCUT2D eigenvalue weighted by atomic mass is 15.3. The predicted molar refractivity (Wildman–Crippen MR) is 142 cm³/mol. The third-order valence-electron chi connectivity index (χ3n) is 7.56. The van der Waals surface area contributed by atoms with Gasteiger partial charge in [-0.3, -0.25) is 10.3 Å². The molecule has 5 heteroatoms. The van der Waals surface area contributed by atoms with Crippen molar-refractivity contribution in [1.82, 2.24) is 10.2 Å². The molecule has 3 unspecified atom stereocenters. The minimum Gasteiger partial charge on any atom is -0.359 e. The molecule has 35 heavy (non-hydrogen) atoms. The maximum absolute atomic E-state index is 9.69. The largest absolute Gasteiger partial charge is 0.359 e. The van der Waals surface area contributed by atoms with E-state index in [1.807, 2.05) is 6.08 Å². The highest BCUT2D eigenvalue weighted by Gasteiger charge is 2.49. The molecule has 1 aliphatic carbocycles. The minimum atomic E-state index is -0.408. The van der Waals surface area contributed by atoms with Gasteiger partial charge in [-0.05, 0) is 42.9 Å². The van der Waals surface area contributed by atoms with Crippen LogP contribution < -0.4 is 5.32 Å². The zero-order chi connectivity index (χ0) is 24.1. The van der Waals surface area contributed by atoms with Crippen LogP contribution in [0.2, 0.25) is 0 Å². The molecule has 5 rings (SSSR count). The predicted octanol–water partition coefficient (Wildman–Crippen LogP) is 5.26. The fourth-order valence-electron chi connectivity index (χ4n) is 5.74. The van der Waals surface area contributed by atoms with Crippen molar-refractivity contribution < 1.29 is 0 Å². The first-order valence-corrected chi connectivity index (χ1v) is 12.6. The summed E-state index contributed by atoms with van der Waals surface area (Å²) in [6.45, 7) is 3.88. The van der Waals surface area contributed by atoms with E-state index in [1.165, 1.54) is 11.1 Å². The highest BCUT2D eigenvalue weighted by molar-refractivity contribution is 6.04. The molecule has 3 aliphatic rings. The Kier molecular flexibility index (Phi) is 6.92. The molecule has 1 N–H and O–H groups in total. The van der Waals surface area contributed by atoms with Gasteiger partial charge < -0.3 is 4.90 Å². The van der Waals surface area contributed by atoms with Crippen LogP contribution in [0.3, 0.4) is 0 Å². The van der Waals surface area contributed by atoms with Crippen molar-refractivity contribution in [2.45, 2.75) is 44.3 Å². The van der Waals surface area contributed by atoms with E-state index in [0.717, 1.165) is 43.9 Å². The van der Waals surface area contributed by atoms with Crippen LogP contribution in [0.4, 0.5) is 0 Å². The lowest BCUT2D eigenvalue weighted by atomic mass is 9.73. The number of benzene rings is 2. The lowest BCUT2D eigenvalue weighted by Gasteiger charge is -2.46.